The van der Waals surface area contributed by atoms with Gasteiger partial charge in [0, 0.05) is 17.1 Å². The number of nitriles is 1. The highest BCUT2D eigenvalue weighted by molar-refractivity contribution is 6.03. The van der Waals surface area contributed by atoms with E-state index in [2.05, 4.69) is 33.6 Å². The van der Waals surface area contributed by atoms with Gasteiger partial charge in [-0.25, -0.2) is 9.97 Å². The van der Waals surface area contributed by atoms with E-state index in [-0.39, 0.29) is 11.6 Å². The molecular weight excluding hydrogens is 338 g/mol. The average molecular weight is 357 g/mol. The smallest absolute Gasteiger partial charge is 0.274 e. The van der Waals surface area contributed by atoms with Crippen LogP contribution in [-0.2, 0) is 6.42 Å². The summed E-state index contributed by atoms with van der Waals surface area (Å²) in [7, 11) is 0. The lowest BCUT2D eigenvalue weighted by molar-refractivity contribution is 0.102. The predicted octanol–water partition coefficient (Wildman–Crippen LogP) is 4.22. The van der Waals surface area contributed by atoms with Gasteiger partial charge in [0.25, 0.3) is 5.91 Å². The Kier molecular flexibility index (Phi) is 5.43. The third-order valence-corrected chi connectivity index (χ3v) is 3.98. The van der Waals surface area contributed by atoms with Gasteiger partial charge in [0.2, 0.25) is 5.95 Å². The normalized spacial score (nSPS) is 10.1. The van der Waals surface area contributed by atoms with Crippen molar-refractivity contribution in [2.45, 2.75) is 20.3 Å². The van der Waals surface area contributed by atoms with Crippen molar-refractivity contribution in [2.75, 3.05) is 10.6 Å². The molecule has 0 aliphatic carbocycles. The largest absolute Gasteiger partial charge is 0.324 e. The molecule has 134 valence electrons. The number of aryl methyl sites for hydroxylation is 2. The molecular formula is C21H19N5O. The van der Waals surface area contributed by atoms with Gasteiger partial charge in [0.05, 0.1) is 11.6 Å². The fourth-order valence-electron chi connectivity index (χ4n) is 2.52. The van der Waals surface area contributed by atoms with Gasteiger partial charge < -0.3 is 10.6 Å². The highest BCUT2D eigenvalue weighted by Crippen LogP contribution is 2.16. The van der Waals surface area contributed by atoms with Crippen LogP contribution in [0.25, 0.3) is 0 Å². The van der Waals surface area contributed by atoms with E-state index in [0.29, 0.717) is 17.2 Å². The van der Waals surface area contributed by atoms with E-state index in [4.69, 9.17) is 5.26 Å². The van der Waals surface area contributed by atoms with Crippen molar-refractivity contribution in [3.05, 3.63) is 77.1 Å². The number of hydrogen-bond donors (Lipinski definition) is 2. The Hall–Kier alpha value is -3.72. The minimum Gasteiger partial charge on any atom is -0.324 e. The van der Waals surface area contributed by atoms with Crippen LogP contribution >= 0.6 is 0 Å². The molecule has 0 aliphatic rings. The van der Waals surface area contributed by atoms with Crippen LogP contribution in [0.4, 0.5) is 17.3 Å². The molecule has 6 heteroatoms. The Morgan fingerprint density at radius 1 is 1.04 bits per heavy atom. The highest BCUT2D eigenvalue weighted by atomic mass is 16.1. The van der Waals surface area contributed by atoms with Crippen molar-refractivity contribution >= 4 is 23.2 Å². The van der Waals surface area contributed by atoms with Crippen LogP contribution in [-0.4, -0.2) is 15.9 Å². The molecule has 3 aromatic rings. The fraction of sp³-hybridized carbons (Fsp3) is 0.143. The molecule has 0 spiro atoms. The van der Waals surface area contributed by atoms with Gasteiger partial charge in [-0.15, -0.1) is 0 Å². The number of amides is 1. The predicted molar refractivity (Wildman–Crippen MR) is 105 cm³/mol. The zero-order chi connectivity index (χ0) is 19.2. The van der Waals surface area contributed by atoms with E-state index < -0.39 is 0 Å². The van der Waals surface area contributed by atoms with Crippen molar-refractivity contribution in [1.82, 2.24) is 9.97 Å². The molecule has 0 bridgehead atoms. The fourth-order valence-corrected chi connectivity index (χ4v) is 2.52. The topological polar surface area (TPSA) is 90.7 Å². The third kappa shape index (κ3) is 4.67. The molecule has 6 nitrogen and oxygen atoms in total. The summed E-state index contributed by atoms with van der Waals surface area (Å²) < 4.78 is 0. The molecule has 0 atom stereocenters. The number of nitrogens with one attached hydrogen (secondary N) is 2. The monoisotopic (exact) mass is 357 g/mol. The van der Waals surface area contributed by atoms with Crippen LogP contribution in [0.2, 0.25) is 0 Å². The summed E-state index contributed by atoms with van der Waals surface area (Å²) in [5, 5.41) is 14.8. The first-order valence-corrected chi connectivity index (χ1v) is 8.60. The maximum absolute atomic E-state index is 12.5. The lowest BCUT2D eigenvalue weighted by atomic mass is 10.1. The molecule has 2 aromatic carbocycles. The van der Waals surface area contributed by atoms with Gasteiger partial charge in [-0.3, -0.25) is 4.79 Å². The van der Waals surface area contributed by atoms with Gasteiger partial charge in [-0.1, -0.05) is 19.1 Å². The van der Waals surface area contributed by atoms with Gasteiger partial charge >= 0.3 is 0 Å². The van der Waals surface area contributed by atoms with E-state index in [9.17, 15) is 4.79 Å². The van der Waals surface area contributed by atoms with Crippen molar-refractivity contribution in [2.24, 2.45) is 0 Å². The molecule has 0 fully saturated rings. The lowest BCUT2D eigenvalue weighted by Gasteiger charge is -2.09. The minimum absolute atomic E-state index is 0.276. The summed E-state index contributed by atoms with van der Waals surface area (Å²) in [6, 6.07) is 18.4. The van der Waals surface area contributed by atoms with Crippen LogP contribution in [0.15, 0.2) is 54.6 Å². The average Bonchev–Trinajstić information content (AvgIpc) is 2.68. The van der Waals surface area contributed by atoms with E-state index >= 15 is 0 Å². The summed E-state index contributed by atoms with van der Waals surface area (Å²) in [5.74, 6) is 0.0267. The Morgan fingerprint density at radius 2 is 1.70 bits per heavy atom. The molecule has 1 aromatic heterocycles. The summed E-state index contributed by atoms with van der Waals surface area (Å²) >= 11 is 0. The number of hydrogen-bond acceptors (Lipinski definition) is 5. The zero-order valence-corrected chi connectivity index (χ0v) is 15.2. The molecule has 0 unspecified atom stereocenters. The first-order valence-electron chi connectivity index (χ1n) is 8.60. The standard InChI is InChI=1S/C21H19N5O/c1-3-15-4-8-17(9-5-15)24-20(27)19-12-14(2)23-21(26-19)25-18-10-6-16(13-22)7-11-18/h4-12H,3H2,1-2H3,(H,24,27)(H,23,25,26). The maximum Gasteiger partial charge on any atom is 0.274 e. The number of rotatable bonds is 5. The SMILES string of the molecule is CCc1ccc(NC(=O)c2cc(C)nc(Nc3ccc(C#N)cc3)n2)cc1. The van der Waals surface area contributed by atoms with Crippen LogP contribution in [0, 0.1) is 18.3 Å². The van der Waals surface area contributed by atoms with E-state index in [1.54, 1.807) is 37.3 Å². The van der Waals surface area contributed by atoms with Gasteiger partial charge in [-0.2, -0.15) is 5.26 Å². The van der Waals surface area contributed by atoms with E-state index in [1.807, 2.05) is 24.3 Å². The third-order valence-electron chi connectivity index (χ3n) is 3.98. The van der Waals surface area contributed by atoms with Crippen molar-refractivity contribution in [3.8, 4) is 6.07 Å². The van der Waals surface area contributed by atoms with Crippen molar-refractivity contribution < 1.29 is 4.79 Å². The Morgan fingerprint density at radius 3 is 2.33 bits per heavy atom. The van der Waals surface area contributed by atoms with Crippen molar-refractivity contribution in [1.29, 1.82) is 5.26 Å². The van der Waals surface area contributed by atoms with Crippen LogP contribution in [0.5, 0.6) is 0 Å². The van der Waals surface area contributed by atoms with Crippen molar-refractivity contribution in [3.63, 3.8) is 0 Å². The molecule has 27 heavy (non-hydrogen) atoms. The van der Waals surface area contributed by atoms with Gasteiger partial charge in [0.1, 0.15) is 5.69 Å². The summed E-state index contributed by atoms with van der Waals surface area (Å²) in [6.45, 7) is 3.89. The summed E-state index contributed by atoms with van der Waals surface area (Å²) in [4.78, 5) is 21.2. The van der Waals surface area contributed by atoms with E-state index in [0.717, 1.165) is 17.8 Å². The minimum atomic E-state index is -0.298. The number of aromatic nitrogens is 2. The molecule has 1 amide bonds. The Bertz CT molecular complexity index is 989. The Labute approximate surface area is 157 Å². The summed E-state index contributed by atoms with van der Waals surface area (Å²) in [6.07, 6.45) is 0.948. The molecule has 0 saturated heterocycles. The van der Waals surface area contributed by atoms with Crippen LogP contribution in [0.3, 0.4) is 0 Å². The molecule has 1 heterocycles. The highest BCUT2D eigenvalue weighted by Gasteiger charge is 2.11. The molecule has 0 aliphatic heterocycles. The van der Waals surface area contributed by atoms with Crippen LogP contribution in [0.1, 0.15) is 34.2 Å². The van der Waals surface area contributed by atoms with Crippen LogP contribution < -0.4 is 10.6 Å². The molecule has 3 rings (SSSR count). The second-order valence-electron chi connectivity index (χ2n) is 6.04. The zero-order valence-electron chi connectivity index (χ0n) is 15.2. The number of carbonyl (C=O) groups is 1. The molecule has 0 saturated carbocycles. The van der Waals surface area contributed by atoms with Gasteiger partial charge in [0.15, 0.2) is 0 Å². The number of benzene rings is 2. The first-order chi connectivity index (χ1) is 13.1. The second kappa shape index (κ2) is 8.11. The van der Waals surface area contributed by atoms with Gasteiger partial charge in [-0.05, 0) is 61.4 Å². The number of carbonyl (C=O) groups excluding carboxylic acids is 1. The Balaban J connectivity index is 1.76. The summed E-state index contributed by atoms with van der Waals surface area (Å²) in [5.41, 5.74) is 4.18. The second-order valence-corrected chi connectivity index (χ2v) is 6.04. The number of nitrogens with zero attached hydrogens (tertiary/aromatic N) is 3. The van der Waals surface area contributed by atoms with E-state index in [1.165, 1.54) is 5.56 Å². The lowest BCUT2D eigenvalue weighted by Crippen LogP contribution is -2.15. The maximum atomic E-state index is 12.5. The quantitative estimate of drug-likeness (QED) is 0.713. The number of anilines is 3. The first kappa shape index (κ1) is 18.1. The molecule has 0 radical (unpaired) electrons. The molecule has 2 N–H and O–H groups in total.